The monoisotopic (exact) mass is 327 g/mol. The van der Waals surface area contributed by atoms with E-state index in [1.165, 1.54) is 31.2 Å². The van der Waals surface area contributed by atoms with Gasteiger partial charge in [0, 0.05) is 32.7 Å². The molecule has 0 aromatic heterocycles. The molecular formula is C20H29N3O. The van der Waals surface area contributed by atoms with E-state index >= 15 is 0 Å². The van der Waals surface area contributed by atoms with Gasteiger partial charge in [-0.1, -0.05) is 36.8 Å². The number of nitrogens with one attached hydrogen (secondary N) is 1. The minimum atomic E-state index is 0.172. The minimum absolute atomic E-state index is 0.172. The van der Waals surface area contributed by atoms with E-state index in [0.717, 1.165) is 51.1 Å². The second kappa shape index (κ2) is 7.14. The molecule has 3 aliphatic rings. The molecule has 1 aromatic rings. The number of hydrogen-bond donors (Lipinski definition) is 1. The van der Waals surface area contributed by atoms with Crippen LogP contribution < -0.4 is 5.32 Å². The summed E-state index contributed by atoms with van der Waals surface area (Å²) in [5.41, 5.74) is 1.38. The van der Waals surface area contributed by atoms with Gasteiger partial charge in [-0.3, -0.25) is 4.90 Å². The van der Waals surface area contributed by atoms with E-state index in [4.69, 9.17) is 0 Å². The van der Waals surface area contributed by atoms with Crippen LogP contribution in [0.4, 0.5) is 4.79 Å². The maximum Gasteiger partial charge on any atom is 0.317 e. The summed E-state index contributed by atoms with van der Waals surface area (Å²) in [7, 11) is 0. The molecule has 0 radical (unpaired) electrons. The van der Waals surface area contributed by atoms with Crippen molar-refractivity contribution in [3.63, 3.8) is 0 Å². The zero-order valence-corrected chi connectivity index (χ0v) is 14.5. The summed E-state index contributed by atoms with van der Waals surface area (Å²) in [5.74, 6) is 2.16. The number of nitrogens with zero attached hydrogens (tertiary/aromatic N) is 2. The molecule has 2 amide bonds. The van der Waals surface area contributed by atoms with E-state index in [0.29, 0.717) is 5.92 Å². The van der Waals surface area contributed by atoms with Crippen LogP contribution in [0.1, 0.15) is 31.2 Å². The van der Waals surface area contributed by atoms with Crippen LogP contribution in [0, 0.1) is 17.8 Å². The lowest BCUT2D eigenvalue weighted by Crippen LogP contribution is -2.41. The molecule has 130 valence electrons. The van der Waals surface area contributed by atoms with E-state index in [2.05, 4.69) is 45.4 Å². The number of likely N-dealkylation sites (tertiary alicyclic amines) is 2. The maximum atomic E-state index is 12.4. The van der Waals surface area contributed by atoms with Gasteiger partial charge in [0.25, 0.3) is 0 Å². The molecule has 3 fully saturated rings. The smallest absolute Gasteiger partial charge is 0.317 e. The fourth-order valence-electron chi connectivity index (χ4n) is 4.81. The topological polar surface area (TPSA) is 35.6 Å². The van der Waals surface area contributed by atoms with Crippen LogP contribution in [0.15, 0.2) is 30.3 Å². The number of fused-ring (bicyclic) bond motifs is 1. The van der Waals surface area contributed by atoms with Crippen molar-refractivity contribution in [1.29, 1.82) is 0 Å². The Kier molecular flexibility index (Phi) is 4.74. The van der Waals surface area contributed by atoms with Crippen LogP contribution in [0.5, 0.6) is 0 Å². The lowest BCUT2D eigenvalue weighted by atomic mass is 10.0. The van der Waals surface area contributed by atoms with Gasteiger partial charge in [0.15, 0.2) is 0 Å². The molecule has 24 heavy (non-hydrogen) atoms. The predicted molar refractivity (Wildman–Crippen MR) is 95.6 cm³/mol. The number of hydrogen-bond acceptors (Lipinski definition) is 2. The largest absolute Gasteiger partial charge is 0.338 e. The highest BCUT2D eigenvalue weighted by atomic mass is 16.2. The summed E-state index contributed by atoms with van der Waals surface area (Å²) in [6, 6.07) is 10.8. The molecule has 1 aromatic carbocycles. The molecule has 0 spiro atoms. The quantitative estimate of drug-likeness (QED) is 0.923. The maximum absolute atomic E-state index is 12.4. The highest BCUT2D eigenvalue weighted by Crippen LogP contribution is 2.37. The average Bonchev–Trinajstić information content (AvgIpc) is 3.29. The highest BCUT2D eigenvalue weighted by Gasteiger charge is 2.38. The van der Waals surface area contributed by atoms with Gasteiger partial charge in [-0.15, -0.1) is 0 Å². The van der Waals surface area contributed by atoms with Crippen molar-refractivity contribution in [3.8, 4) is 0 Å². The Bertz CT molecular complexity index is 549. The van der Waals surface area contributed by atoms with Gasteiger partial charge in [-0.05, 0) is 49.1 Å². The van der Waals surface area contributed by atoms with Crippen molar-refractivity contribution >= 4 is 6.03 Å². The van der Waals surface area contributed by atoms with Crippen molar-refractivity contribution in [1.82, 2.24) is 15.1 Å². The highest BCUT2D eigenvalue weighted by molar-refractivity contribution is 5.74. The SMILES string of the molecule is O=C(NCC1CCN(Cc2ccccc2)C1)N1CC2CCCC2C1. The second-order valence-electron chi connectivity index (χ2n) is 7.92. The number of rotatable bonds is 4. The van der Waals surface area contributed by atoms with E-state index in [1.54, 1.807) is 0 Å². The van der Waals surface area contributed by atoms with Gasteiger partial charge >= 0.3 is 6.03 Å². The molecule has 0 bridgehead atoms. The lowest BCUT2D eigenvalue weighted by molar-refractivity contribution is 0.203. The second-order valence-corrected chi connectivity index (χ2v) is 7.92. The summed E-state index contributed by atoms with van der Waals surface area (Å²) >= 11 is 0. The third-order valence-corrected chi connectivity index (χ3v) is 6.17. The third kappa shape index (κ3) is 3.59. The van der Waals surface area contributed by atoms with Crippen LogP contribution in [0.25, 0.3) is 0 Å². The molecule has 4 nitrogen and oxygen atoms in total. The normalized spacial score (nSPS) is 29.8. The fourth-order valence-corrected chi connectivity index (χ4v) is 4.81. The first-order valence-corrected chi connectivity index (χ1v) is 9.57. The number of amides is 2. The van der Waals surface area contributed by atoms with Crippen molar-refractivity contribution in [2.45, 2.75) is 32.2 Å². The first kappa shape index (κ1) is 15.9. The molecule has 3 atom stereocenters. The zero-order chi connectivity index (χ0) is 16.4. The van der Waals surface area contributed by atoms with Crippen LogP contribution >= 0.6 is 0 Å². The van der Waals surface area contributed by atoms with Crippen molar-refractivity contribution < 1.29 is 4.79 Å². The number of carbonyl (C=O) groups is 1. The summed E-state index contributed by atoms with van der Waals surface area (Å²) in [6.07, 6.45) is 5.21. The fraction of sp³-hybridized carbons (Fsp3) is 0.650. The van der Waals surface area contributed by atoms with Crippen molar-refractivity contribution in [2.75, 3.05) is 32.7 Å². The van der Waals surface area contributed by atoms with Crippen molar-refractivity contribution in [3.05, 3.63) is 35.9 Å². The van der Waals surface area contributed by atoms with Crippen LogP contribution in [-0.4, -0.2) is 48.6 Å². The van der Waals surface area contributed by atoms with Gasteiger partial charge in [-0.25, -0.2) is 4.79 Å². The van der Waals surface area contributed by atoms with E-state index in [9.17, 15) is 4.79 Å². The molecule has 1 saturated carbocycles. The standard InChI is InChI=1S/C20H29N3O/c24-20(23-14-18-7-4-8-19(18)15-23)21-11-17-9-10-22(13-17)12-16-5-2-1-3-6-16/h1-3,5-6,17-19H,4,7-15H2,(H,21,24). The van der Waals surface area contributed by atoms with Gasteiger partial charge in [0.05, 0.1) is 0 Å². The van der Waals surface area contributed by atoms with E-state index < -0.39 is 0 Å². The molecule has 4 heteroatoms. The zero-order valence-electron chi connectivity index (χ0n) is 14.5. The number of carbonyl (C=O) groups excluding carboxylic acids is 1. The molecule has 2 saturated heterocycles. The van der Waals surface area contributed by atoms with Crippen LogP contribution in [0.3, 0.4) is 0 Å². The van der Waals surface area contributed by atoms with E-state index in [-0.39, 0.29) is 6.03 Å². The third-order valence-electron chi connectivity index (χ3n) is 6.17. The van der Waals surface area contributed by atoms with Crippen LogP contribution in [0.2, 0.25) is 0 Å². The Balaban J connectivity index is 1.19. The van der Waals surface area contributed by atoms with Gasteiger partial charge in [-0.2, -0.15) is 0 Å². The number of urea groups is 1. The molecule has 4 rings (SSSR count). The summed E-state index contributed by atoms with van der Waals surface area (Å²) in [5, 5.41) is 3.20. The molecule has 2 heterocycles. The lowest BCUT2D eigenvalue weighted by Gasteiger charge is -2.20. The Morgan fingerprint density at radius 3 is 2.54 bits per heavy atom. The summed E-state index contributed by atoms with van der Waals surface area (Å²) in [6.45, 7) is 6.07. The van der Waals surface area contributed by atoms with Gasteiger partial charge in [0.1, 0.15) is 0 Å². The first-order valence-electron chi connectivity index (χ1n) is 9.57. The van der Waals surface area contributed by atoms with Crippen LogP contribution in [-0.2, 0) is 6.54 Å². The molecule has 3 unspecified atom stereocenters. The van der Waals surface area contributed by atoms with Gasteiger partial charge in [0.2, 0.25) is 0 Å². The Hall–Kier alpha value is -1.55. The Labute approximate surface area is 145 Å². The van der Waals surface area contributed by atoms with Gasteiger partial charge < -0.3 is 10.2 Å². The Morgan fingerprint density at radius 2 is 1.79 bits per heavy atom. The molecule has 1 aliphatic carbocycles. The summed E-state index contributed by atoms with van der Waals surface area (Å²) in [4.78, 5) is 17.0. The molecule has 2 aliphatic heterocycles. The number of benzene rings is 1. The summed E-state index contributed by atoms with van der Waals surface area (Å²) < 4.78 is 0. The first-order chi connectivity index (χ1) is 11.8. The average molecular weight is 327 g/mol. The molecular weight excluding hydrogens is 298 g/mol. The Morgan fingerprint density at radius 1 is 1.04 bits per heavy atom. The molecule has 1 N–H and O–H groups in total. The van der Waals surface area contributed by atoms with Crippen molar-refractivity contribution in [2.24, 2.45) is 17.8 Å². The van der Waals surface area contributed by atoms with E-state index in [1.807, 2.05) is 0 Å². The predicted octanol–water partition coefficient (Wildman–Crippen LogP) is 2.95. The minimum Gasteiger partial charge on any atom is -0.338 e.